The van der Waals surface area contributed by atoms with E-state index in [0.717, 1.165) is 31.6 Å². The Morgan fingerprint density at radius 3 is 3.06 bits per heavy atom. The molecule has 5 nitrogen and oxygen atoms in total. The number of thiazole rings is 1. The monoisotopic (exact) mass is 268 g/mol. The van der Waals surface area contributed by atoms with E-state index in [1.54, 1.807) is 0 Å². The van der Waals surface area contributed by atoms with E-state index in [0.29, 0.717) is 11.2 Å². The number of aromatic nitrogens is 1. The summed E-state index contributed by atoms with van der Waals surface area (Å²) in [6, 6.07) is 0.301. The van der Waals surface area contributed by atoms with Gasteiger partial charge in [-0.3, -0.25) is 5.32 Å². The highest BCUT2D eigenvalue weighted by atomic mass is 32.1. The van der Waals surface area contributed by atoms with E-state index in [2.05, 4.69) is 15.2 Å². The highest BCUT2D eigenvalue weighted by Gasteiger charge is 2.29. The van der Waals surface area contributed by atoms with Crippen LogP contribution >= 0.6 is 11.3 Å². The van der Waals surface area contributed by atoms with Crippen molar-refractivity contribution in [3.8, 4) is 0 Å². The number of hydrogen-bond acceptors (Lipinski definition) is 4. The van der Waals surface area contributed by atoms with Crippen molar-refractivity contribution in [1.29, 1.82) is 0 Å². The van der Waals surface area contributed by atoms with Crippen LogP contribution in [0.1, 0.15) is 18.5 Å². The highest BCUT2D eigenvalue weighted by Crippen LogP contribution is 2.20. The smallest absolute Gasteiger partial charge is 0.320 e. The zero-order valence-electron chi connectivity index (χ0n) is 11.1. The quantitative estimate of drug-likeness (QED) is 0.912. The van der Waals surface area contributed by atoms with E-state index in [9.17, 15) is 4.79 Å². The zero-order chi connectivity index (χ0) is 13.1. The van der Waals surface area contributed by atoms with Crippen LogP contribution in [0.5, 0.6) is 0 Å². The molecule has 1 atom stereocenters. The van der Waals surface area contributed by atoms with E-state index in [-0.39, 0.29) is 6.03 Å². The van der Waals surface area contributed by atoms with Crippen LogP contribution < -0.4 is 5.32 Å². The Labute approximate surface area is 112 Å². The van der Waals surface area contributed by atoms with Crippen molar-refractivity contribution in [2.45, 2.75) is 25.8 Å². The molecular formula is C12H20N4OS. The molecule has 18 heavy (non-hydrogen) atoms. The molecule has 100 valence electrons. The van der Waals surface area contributed by atoms with Crippen LogP contribution in [-0.4, -0.2) is 54.0 Å². The van der Waals surface area contributed by atoms with Gasteiger partial charge in [0.1, 0.15) is 0 Å². The summed E-state index contributed by atoms with van der Waals surface area (Å²) in [6.45, 7) is 3.69. The van der Waals surface area contributed by atoms with Crippen molar-refractivity contribution < 1.29 is 4.79 Å². The third-order valence-corrected chi connectivity index (χ3v) is 3.92. The topological polar surface area (TPSA) is 48.5 Å². The standard InChI is InChI=1S/C12H20N4OS/c1-9-8-18-11(13-9)14-12(17)16-6-4-5-10(16)7-15(2)3/h8,10H,4-7H2,1-3H3,(H,13,14,17). The second kappa shape index (κ2) is 5.67. The molecule has 0 aliphatic carbocycles. The number of carbonyl (C=O) groups excluding carboxylic acids is 1. The molecule has 2 rings (SSSR count). The van der Waals surface area contributed by atoms with Crippen molar-refractivity contribution in [2.24, 2.45) is 0 Å². The second-order valence-corrected chi connectivity index (χ2v) is 5.83. The fourth-order valence-electron chi connectivity index (χ4n) is 2.29. The fraction of sp³-hybridized carbons (Fsp3) is 0.667. The van der Waals surface area contributed by atoms with Crippen LogP contribution in [0.15, 0.2) is 5.38 Å². The summed E-state index contributed by atoms with van der Waals surface area (Å²) in [5, 5.41) is 5.51. The summed E-state index contributed by atoms with van der Waals surface area (Å²) in [5.74, 6) is 0. The minimum Gasteiger partial charge on any atom is -0.320 e. The molecule has 2 heterocycles. The van der Waals surface area contributed by atoms with Gasteiger partial charge in [0.15, 0.2) is 5.13 Å². The molecule has 1 fully saturated rings. The molecule has 1 aliphatic heterocycles. The molecule has 1 N–H and O–H groups in total. The second-order valence-electron chi connectivity index (χ2n) is 4.98. The van der Waals surface area contributed by atoms with Gasteiger partial charge in [0.25, 0.3) is 0 Å². The van der Waals surface area contributed by atoms with E-state index in [1.165, 1.54) is 11.3 Å². The van der Waals surface area contributed by atoms with Crippen molar-refractivity contribution in [3.63, 3.8) is 0 Å². The van der Waals surface area contributed by atoms with Gasteiger partial charge in [-0.05, 0) is 33.9 Å². The number of likely N-dealkylation sites (tertiary alicyclic amines) is 1. The molecule has 6 heteroatoms. The van der Waals surface area contributed by atoms with Gasteiger partial charge in [-0.15, -0.1) is 11.3 Å². The molecule has 1 unspecified atom stereocenters. The average Bonchev–Trinajstić information content (AvgIpc) is 2.87. The lowest BCUT2D eigenvalue weighted by molar-refractivity contribution is 0.193. The molecule has 0 aromatic carbocycles. The molecule has 1 saturated heterocycles. The molecule has 0 spiro atoms. The lowest BCUT2D eigenvalue weighted by Crippen LogP contribution is -2.43. The number of anilines is 1. The number of rotatable bonds is 3. The highest BCUT2D eigenvalue weighted by molar-refractivity contribution is 7.13. The zero-order valence-corrected chi connectivity index (χ0v) is 12.0. The largest absolute Gasteiger partial charge is 0.323 e. The lowest BCUT2D eigenvalue weighted by Gasteiger charge is -2.26. The number of hydrogen-bond donors (Lipinski definition) is 1. The predicted molar refractivity (Wildman–Crippen MR) is 74.2 cm³/mol. The van der Waals surface area contributed by atoms with Gasteiger partial charge in [-0.25, -0.2) is 9.78 Å². The van der Waals surface area contributed by atoms with Gasteiger partial charge in [0, 0.05) is 24.5 Å². The third kappa shape index (κ3) is 3.20. The third-order valence-electron chi connectivity index (χ3n) is 3.05. The SMILES string of the molecule is Cc1csc(NC(=O)N2CCCC2CN(C)C)n1. The molecule has 1 aromatic rings. The number of carbonyl (C=O) groups is 1. The Bertz CT molecular complexity index is 418. The molecule has 1 aliphatic rings. The van der Waals surface area contributed by atoms with Crippen LogP contribution in [0.2, 0.25) is 0 Å². The van der Waals surface area contributed by atoms with Crippen LogP contribution in [0.25, 0.3) is 0 Å². The number of urea groups is 1. The Morgan fingerprint density at radius 2 is 2.44 bits per heavy atom. The van der Waals surface area contributed by atoms with Gasteiger partial charge < -0.3 is 9.80 Å². The van der Waals surface area contributed by atoms with E-state index in [1.807, 2.05) is 31.3 Å². The minimum absolute atomic E-state index is 0.0197. The van der Waals surface area contributed by atoms with Gasteiger partial charge in [0.2, 0.25) is 0 Å². The number of amides is 2. The summed E-state index contributed by atoms with van der Waals surface area (Å²) < 4.78 is 0. The number of likely N-dealkylation sites (N-methyl/N-ethyl adjacent to an activating group) is 1. The van der Waals surface area contributed by atoms with Gasteiger partial charge in [-0.2, -0.15) is 0 Å². The van der Waals surface area contributed by atoms with Crippen molar-refractivity contribution in [1.82, 2.24) is 14.8 Å². The predicted octanol–water partition coefficient (Wildman–Crippen LogP) is 2.01. The summed E-state index contributed by atoms with van der Waals surface area (Å²) in [6.07, 6.45) is 2.17. The summed E-state index contributed by atoms with van der Waals surface area (Å²) in [7, 11) is 4.08. The summed E-state index contributed by atoms with van der Waals surface area (Å²) in [5.41, 5.74) is 0.946. The first-order valence-corrected chi connectivity index (χ1v) is 7.08. The summed E-state index contributed by atoms with van der Waals surface area (Å²) >= 11 is 1.47. The minimum atomic E-state index is -0.0197. The molecule has 1 aromatic heterocycles. The van der Waals surface area contributed by atoms with Crippen molar-refractivity contribution >= 4 is 22.5 Å². The van der Waals surface area contributed by atoms with E-state index < -0.39 is 0 Å². The number of aryl methyl sites for hydroxylation is 1. The number of nitrogens with zero attached hydrogens (tertiary/aromatic N) is 3. The Hall–Kier alpha value is -1.14. The molecule has 0 bridgehead atoms. The number of nitrogens with one attached hydrogen (secondary N) is 1. The van der Waals surface area contributed by atoms with Crippen molar-refractivity contribution in [2.75, 3.05) is 32.5 Å². The average molecular weight is 268 g/mol. The van der Waals surface area contributed by atoms with Gasteiger partial charge >= 0.3 is 6.03 Å². The van der Waals surface area contributed by atoms with Crippen LogP contribution in [0, 0.1) is 6.92 Å². The van der Waals surface area contributed by atoms with E-state index >= 15 is 0 Å². The van der Waals surface area contributed by atoms with Gasteiger partial charge in [-0.1, -0.05) is 0 Å². The molecule has 2 amide bonds. The lowest BCUT2D eigenvalue weighted by atomic mass is 10.2. The maximum Gasteiger partial charge on any atom is 0.323 e. The van der Waals surface area contributed by atoms with Crippen LogP contribution in [-0.2, 0) is 0 Å². The maximum atomic E-state index is 12.2. The Kier molecular flexibility index (Phi) is 4.19. The van der Waals surface area contributed by atoms with Gasteiger partial charge in [0.05, 0.1) is 5.69 Å². The van der Waals surface area contributed by atoms with Crippen LogP contribution in [0.3, 0.4) is 0 Å². The molecule has 0 saturated carbocycles. The fourth-order valence-corrected chi connectivity index (χ4v) is 2.97. The molecular weight excluding hydrogens is 248 g/mol. The normalized spacial score (nSPS) is 19.6. The first-order chi connectivity index (χ1) is 8.56. The van der Waals surface area contributed by atoms with E-state index in [4.69, 9.17) is 0 Å². The first-order valence-electron chi connectivity index (χ1n) is 6.21. The van der Waals surface area contributed by atoms with Crippen LogP contribution in [0.4, 0.5) is 9.93 Å². The first kappa shape index (κ1) is 13.3. The Balaban J connectivity index is 1.95. The maximum absolute atomic E-state index is 12.2. The Morgan fingerprint density at radius 1 is 1.67 bits per heavy atom. The summed E-state index contributed by atoms with van der Waals surface area (Å²) in [4.78, 5) is 20.5. The molecule has 0 radical (unpaired) electrons. The van der Waals surface area contributed by atoms with Crippen molar-refractivity contribution in [3.05, 3.63) is 11.1 Å².